The van der Waals surface area contributed by atoms with E-state index >= 15 is 0 Å². The zero-order valence-corrected chi connectivity index (χ0v) is 39.2. The summed E-state index contributed by atoms with van der Waals surface area (Å²) in [5, 5.41) is 19.7. The average molecular weight is 902 g/mol. The molecule has 1 aliphatic rings. The molecule has 0 atom stereocenters. The lowest BCUT2D eigenvalue weighted by Gasteiger charge is -2.21. The summed E-state index contributed by atoms with van der Waals surface area (Å²) in [5.41, 5.74) is 15.5. The maximum Gasteiger partial charge on any atom is 0.136 e. The second-order valence-electron chi connectivity index (χ2n) is 20.3. The summed E-state index contributed by atoms with van der Waals surface area (Å²) < 4.78 is 9.42. The Kier molecular flexibility index (Phi) is 7.71. The minimum atomic E-state index is -0.104. The highest BCUT2D eigenvalue weighted by atomic mass is 16.3. The third-order valence-corrected chi connectivity index (χ3v) is 16.3. The van der Waals surface area contributed by atoms with E-state index in [1.807, 2.05) is 0 Å². The van der Waals surface area contributed by atoms with Crippen LogP contribution in [-0.2, 0) is 5.41 Å². The molecule has 0 saturated carbocycles. The highest BCUT2D eigenvalue weighted by Gasteiger charge is 2.36. The first kappa shape index (κ1) is 38.9. The average Bonchev–Trinajstić information content (AvgIpc) is 4.02. The van der Waals surface area contributed by atoms with Crippen LogP contribution in [0, 0.1) is 0 Å². The van der Waals surface area contributed by atoms with Crippen LogP contribution in [0.25, 0.3) is 147 Å². The summed E-state index contributed by atoms with van der Waals surface area (Å²) in [7, 11) is 0. The molecule has 2 heteroatoms. The van der Waals surface area contributed by atoms with Crippen LogP contribution in [0.2, 0.25) is 0 Å². The van der Waals surface area contributed by atoms with E-state index in [1.54, 1.807) is 0 Å². The van der Waals surface area contributed by atoms with Gasteiger partial charge in [0.1, 0.15) is 11.2 Å². The van der Waals surface area contributed by atoms with E-state index in [1.165, 1.54) is 131 Å². The molecule has 0 aliphatic heterocycles. The van der Waals surface area contributed by atoms with Gasteiger partial charge >= 0.3 is 0 Å². The van der Waals surface area contributed by atoms with E-state index in [0.29, 0.717) is 0 Å². The topological polar surface area (TPSA) is 18.1 Å². The van der Waals surface area contributed by atoms with Gasteiger partial charge in [0.25, 0.3) is 0 Å². The number of benzene rings is 13. The number of hydrogen-bond donors (Lipinski definition) is 0. The van der Waals surface area contributed by atoms with Gasteiger partial charge < -0.3 is 8.98 Å². The fourth-order valence-corrected chi connectivity index (χ4v) is 13.1. The summed E-state index contributed by atoms with van der Waals surface area (Å²) in [5.74, 6) is 0. The molecule has 330 valence electrons. The normalized spacial score (nSPS) is 13.3. The van der Waals surface area contributed by atoms with E-state index in [9.17, 15) is 0 Å². The Morgan fingerprint density at radius 1 is 0.324 bits per heavy atom. The third-order valence-electron chi connectivity index (χ3n) is 16.3. The van der Waals surface area contributed by atoms with Crippen molar-refractivity contribution >= 4 is 108 Å². The molecule has 0 amide bonds. The first-order valence-corrected chi connectivity index (χ1v) is 24.8. The number of aromatic nitrogens is 1. The van der Waals surface area contributed by atoms with Crippen molar-refractivity contribution in [2.45, 2.75) is 19.3 Å². The molecule has 2 nitrogen and oxygen atoms in total. The molecule has 1 aliphatic carbocycles. The van der Waals surface area contributed by atoms with Gasteiger partial charge in [-0.25, -0.2) is 0 Å². The van der Waals surface area contributed by atoms with E-state index in [0.717, 1.165) is 27.5 Å². The van der Waals surface area contributed by atoms with E-state index in [2.05, 4.69) is 243 Å². The first-order chi connectivity index (χ1) is 35.0. The monoisotopic (exact) mass is 901 g/mol. The van der Waals surface area contributed by atoms with Crippen molar-refractivity contribution < 1.29 is 4.42 Å². The number of hydrogen-bond acceptors (Lipinski definition) is 1. The van der Waals surface area contributed by atoms with Gasteiger partial charge in [-0.1, -0.05) is 178 Å². The van der Waals surface area contributed by atoms with Crippen molar-refractivity contribution in [1.29, 1.82) is 0 Å². The second kappa shape index (κ2) is 14.1. The standard InChI is InChI=1S/C69H43NO/c1-69(2)60-27-15-14-22-47(60)55-36-57-56-34-41(30-33-62(56)70(63(57)39-61(55)69)43-17-4-3-5-18-43)66-49-23-10-12-25-51(49)67(52-26-13-11-24-50(52)66)42-29-31-48-58-37-59-54(38-65(58)71-64(48)35-42)46-21-9-8-20-45(46)53-32-28-40-16-6-7-19-44(40)68(53)59/h3-39H,1-2H3. The molecular weight excluding hydrogens is 859 g/mol. The summed E-state index contributed by atoms with van der Waals surface area (Å²) in [6, 6.07) is 83.6. The summed E-state index contributed by atoms with van der Waals surface area (Å²) >= 11 is 0. The second-order valence-corrected chi connectivity index (χ2v) is 20.3. The molecule has 0 bridgehead atoms. The van der Waals surface area contributed by atoms with Gasteiger partial charge in [0, 0.05) is 32.6 Å². The van der Waals surface area contributed by atoms with Gasteiger partial charge in [-0.05, 0) is 170 Å². The minimum absolute atomic E-state index is 0.104. The lowest BCUT2D eigenvalue weighted by molar-refractivity contribution is 0.661. The van der Waals surface area contributed by atoms with Crippen molar-refractivity contribution in [2.24, 2.45) is 0 Å². The van der Waals surface area contributed by atoms with E-state index in [4.69, 9.17) is 4.42 Å². The van der Waals surface area contributed by atoms with Crippen LogP contribution in [0.1, 0.15) is 25.0 Å². The summed E-state index contributed by atoms with van der Waals surface area (Å²) in [4.78, 5) is 0. The Bertz CT molecular complexity index is 4780. The highest BCUT2D eigenvalue weighted by Crippen LogP contribution is 2.52. The number of rotatable bonds is 3. The molecule has 0 fully saturated rings. The SMILES string of the molecule is CC1(C)c2ccccc2-c2cc3c4cc(-c5c6ccccc6c(-c6ccc7c(c6)oc6cc8c9ccccc9c9ccc%10ccccc%10c9c8cc67)c6ccccc56)ccc4n(-c4ccccc4)c3cc21. The molecular formula is C69H43NO. The molecule has 71 heavy (non-hydrogen) atoms. The van der Waals surface area contributed by atoms with Crippen LogP contribution >= 0.6 is 0 Å². The van der Waals surface area contributed by atoms with Crippen molar-refractivity contribution in [3.05, 3.63) is 236 Å². The lowest BCUT2D eigenvalue weighted by atomic mass is 9.82. The van der Waals surface area contributed by atoms with Crippen molar-refractivity contribution in [2.75, 3.05) is 0 Å². The maximum absolute atomic E-state index is 6.95. The van der Waals surface area contributed by atoms with Crippen molar-refractivity contribution in [3.8, 4) is 39.1 Å². The van der Waals surface area contributed by atoms with E-state index < -0.39 is 0 Å². The number of fused-ring (bicyclic) bond motifs is 19. The predicted molar refractivity (Wildman–Crippen MR) is 302 cm³/mol. The Morgan fingerprint density at radius 2 is 0.901 bits per heavy atom. The zero-order chi connectivity index (χ0) is 46.7. The van der Waals surface area contributed by atoms with Gasteiger partial charge in [-0.3, -0.25) is 0 Å². The summed E-state index contributed by atoms with van der Waals surface area (Å²) in [6.45, 7) is 4.75. The fourth-order valence-electron chi connectivity index (χ4n) is 13.1. The van der Waals surface area contributed by atoms with Crippen LogP contribution < -0.4 is 0 Å². The van der Waals surface area contributed by atoms with Crippen LogP contribution in [0.15, 0.2) is 229 Å². The molecule has 0 N–H and O–H groups in total. The first-order valence-electron chi connectivity index (χ1n) is 24.8. The molecule has 2 aromatic heterocycles. The number of furan rings is 1. The Hall–Kier alpha value is -8.98. The van der Waals surface area contributed by atoms with Gasteiger partial charge in [-0.15, -0.1) is 0 Å². The highest BCUT2D eigenvalue weighted by molar-refractivity contribution is 6.33. The maximum atomic E-state index is 6.95. The van der Waals surface area contributed by atoms with Crippen molar-refractivity contribution in [3.63, 3.8) is 0 Å². The Morgan fingerprint density at radius 3 is 1.65 bits per heavy atom. The van der Waals surface area contributed by atoms with Gasteiger partial charge in [0.05, 0.1) is 11.0 Å². The quantitative estimate of drug-likeness (QED) is 0.128. The van der Waals surface area contributed by atoms with Gasteiger partial charge in [-0.2, -0.15) is 0 Å². The van der Waals surface area contributed by atoms with Crippen molar-refractivity contribution in [1.82, 2.24) is 4.57 Å². The number of nitrogens with zero attached hydrogens (tertiary/aromatic N) is 1. The number of para-hydroxylation sites is 1. The van der Waals surface area contributed by atoms with Crippen LogP contribution in [-0.4, -0.2) is 4.57 Å². The molecule has 0 radical (unpaired) electrons. The summed E-state index contributed by atoms with van der Waals surface area (Å²) in [6.07, 6.45) is 0. The third kappa shape index (κ3) is 5.26. The minimum Gasteiger partial charge on any atom is -0.456 e. The van der Waals surface area contributed by atoms with Gasteiger partial charge in [0.15, 0.2) is 0 Å². The van der Waals surface area contributed by atoms with Crippen LogP contribution in [0.5, 0.6) is 0 Å². The van der Waals surface area contributed by atoms with Crippen LogP contribution in [0.4, 0.5) is 0 Å². The predicted octanol–water partition coefficient (Wildman–Crippen LogP) is 19.2. The molecule has 15 aromatic rings. The molecule has 0 spiro atoms. The van der Waals surface area contributed by atoms with Gasteiger partial charge in [0.2, 0.25) is 0 Å². The Labute approximate surface area is 409 Å². The Balaban J connectivity index is 0.919. The molecule has 13 aromatic carbocycles. The molecule has 2 heterocycles. The molecule has 0 saturated heterocycles. The van der Waals surface area contributed by atoms with E-state index in [-0.39, 0.29) is 5.41 Å². The smallest absolute Gasteiger partial charge is 0.136 e. The zero-order valence-electron chi connectivity index (χ0n) is 39.2. The largest absolute Gasteiger partial charge is 0.456 e. The fraction of sp³-hybridized carbons (Fsp3) is 0.0435. The lowest BCUT2D eigenvalue weighted by Crippen LogP contribution is -2.14. The van der Waals surface area contributed by atoms with Crippen LogP contribution in [0.3, 0.4) is 0 Å². The molecule has 0 unspecified atom stereocenters. The molecule has 16 rings (SSSR count).